The number of benzene rings is 2. The molecule has 3 aromatic rings. The summed E-state index contributed by atoms with van der Waals surface area (Å²) in [6, 6.07) is 9.46. The van der Waals surface area contributed by atoms with Crippen LogP contribution in [0.2, 0.25) is 0 Å². The van der Waals surface area contributed by atoms with Gasteiger partial charge in [-0.1, -0.05) is 26.8 Å². The Labute approximate surface area is 250 Å². The van der Waals surface area contributed by atoms with Crippen molar-refractivity contribution in [3.8, 4) is 23.0 Å². The van der Waals surface area contributed by atoms with E-state index in [1.165, 1.54) is 12.1 Å². The maximum absolute atomic E-state index is 13.9. The fraction of sp³-hybridized carbons (Fsp3) is 0.414. The third-order valence-electron chi connectivity index (χ3n) is 6.74. The maximum atomic E-state index is 13.9. The normalized spacial score (nSPS) is 13.8. The molecule has 5 N–H and O–H groups in total. The van der Waals surface area contributed by atoms with Crippen molar-refractivity contribution in [3.05, 3.63) is 54.4 Å². The van der Waals surface area contributed by atoms with Crippen molar-refractivity contribution in [1.82, 2.24) is 9.97 Å². The number of carbonyl (C=O) groups is 1. The van der Waals surface area contributed by atoms with Crippen molar-refractivity contribution in [3.63, 3.8) is 0 Å². The second-order valence-electron chi connectivity index (χ2n) is 10.2. The number of fused-ring (bicyclic) bond motifs is 1. The zero-order valence-electron chi connectivity index (χ0n) is 24.3. The molecule has 232 valence electrons. The van der Waals surface area contributed by atoms with Gasteiger partial charge in [0.1, 0.15) is 28.7 Å². The molecule has 0 fully saturated rings. The molecule has 1 aromatic heterocycles. The van der Waals surface area contributed by atoms with E-state index in [0.717, 1.165) is 0 Å². The summed E-state index contributed by atoms with van der Waals surface area (Å²) >= 11 is 0. The van der Waals surface area contributed by atoms with Crippen molar-refractivity contribution in [2.24, 2.45) is 11.7 Å². The lowest BCUT2D eigenvalue weighted by Crippen LogP contribution is -2.35. The first-order valence-corrected chi connectivity index (χ1v) is 15.5. The Bertz CT molecular complexity index is 1500. The first kappa shape index (κ1) is 31.5. The van der Waals surface area contributed by atoms with Gasteiger partial charge in [0.15, 0.2) is 21.3 Å². The smallest absolute Gasteiger partial charge is 0.404 e. The van der Waals surface area contributed by atoms with Crippen molar-refractivity contribution in [2.75, 3.05) is 30.6 Å². The molecule has 0 saturated heterocycles. The van der Waals surface area contributed by atoms with Gasteiger partial charge in [0.05, 0.1) is 11.5 Å². The van der Waals surface area contributed by atoms with E-state index >= 15 is 0 Å². The van der Waals surface area contributed by atoms with Crippen LogP contribution in [-0.4, -0.2) is 61.0 Å². The molecular weight excluding hydrogens is 578 g/mol. The number of sulfone groups is 1. The van der Waals surface area contributed by atoms with Crippen LogP contribution in [0.5, 0.6) is 23.0 Å². The number of hydrogen-bond acceptors (Lipinski definition) is 12. The van der Waals surface area contributed by atoms with Gasteiger partial charge in [0, 0.05) is 31.4 Å². The summed E-state index contributed by atoms with van der Waals surface area (Å²) in [4.78, 5) is 19.6. The molecule has 13 nitrogen and oxygen atoms in total. The van der Waals surface area contributed by atoms with Crippen molar-refractivity contribution >= 4 is 27.6 Å². The van der Waals surface area contributed by atoms with E-state index in [1.807, 2.05) is 6.92 Å². The number of carbonyl (C=O) groups excluding carboxylic acids is 1. The highest BCUT2D eigenvalue weighted by Crippen LogP contribution is 2.41. The van der Waals surface area contributed by atoms with Gasteiger partial charge < -0.3 is 40.4 Å². The molecule has 0 spiro atoms. The average molecular weight is 616 g/mol. The molecule has 0 radical (unpaired) electrons. The molecule has 4 rings (SSSR count). The van der Waals surface area contributed by atoms with Gasteiger partial charge >= 0.3 is 6.09 Å². The number of phenolic OH excluding ortho intramolecular Hbond substituents is 1. The van der Waals surface area contributed by atoms with Gasteiger partial charge in [-0.25, -0.2) is 23.2 Å². The number of amides is 1. The van der Waals surface area contributed by atoms with Crippen molar-refractivity contribution in [2.45, 2.75) is 56.4 Å². The number of anilines is 2. The van der Waals surface area contributed by atoms with Gasteiger partial charge in [-0.3, -0.25) is 0 Å². The summed E-state index contributed by atoms with van der Waals surface area (Å²) in [5, 5.41) is 16.4. The lowest BCUT2D eigenvalue weighted by atomic mass is 10.0. The standard InChI is InChI=1S/C29H37N5O8S/c1-4-20(42-28(30)36)15-19-7-9-23(39-14-6-13-33-29-31-11-5-12-32-29)25(26(19)35)34-27(18(2)3)43(37,38)21-8-10-22-24(16-21)41-17-40-22/h5,7-12,16,18,20,27,34-35H,4,6,13-15,17H2,1-3H3,(H2,30,36)(H,31,32,33). The van der Waals surface area contributed by atoms with E-state index in [1.54, 1.807) is 50.5 Å². The van der Waals surface area contributed by atoms with Crippen molar-refractivity contribution in [1.29, 1.82) is 0 Å². The molecule has 1 amide bonds. The number of nitrogens with zero attached hydrogens (tertiary/aromatic N) is 2. The molecule has 0 aliphatic carbocycles. The first-order valence-electron chi connectivity index (χ1n) is 13.9. The number of ether oxygens (including phenoxy) is 4. The van der Waals surface area contributed by atoms with Crippen LogP contribution >= 0.6 is 0 Å². The number of hydrogen-bond donors (Lipinski definition) is 4. The van der Waals surface area contributed by atoms with Crippen LogP contribution in [0.3, 0.4) is 0 Å². The molecule has 14 heteroatoms. The Balaban J connectivity index is 1.60. The third kappa shape index (κ3) is 7.89. The Morgan fingerprint density at radius 1 is 1.14 bits per heavy atom. The fourth-order valence-corrected chi connectivity index (χ4v) is 6.32. The molecular formula is C29H37N5O8S. The van der Waals surface area contributed by atoms with Crippen LogP contribution in [-0.2, 0) is 21.0 Å². The minimum Gasteiger partial charge on any atom is -0.505 e. The summed E-state index contributed by atoms with van der Waals surface area (Å²) in [5.41, 5.74) is 5.75. The topological polar surface area (TPSA) is 184 Å². The first-order chi connectivity index (χ1) is 20.6. The van der Waals surface area contributed by atoms with E-state index in [0.29, 0.717) is 42.4 Å². The van der Waals surface area contributed by atoms with Crippen LogP contribution in [0.4, 0.5) is 16.4 Å². The molecule has 1 aliphatic heterocycles. The van der Waals surface area contributed by atoms with Gasteiger partial charge in [-0.2, -0.15) is 0 Å². The minimum absolute atomic E-state index is 0.0121. The highest BCUT2D eigenvalue weighted by atomic mass is 32.2. The molecule has 2 atom stereocenters. The summed E-state index contributed by atoms with van der Waals surface area (Å²) in [7, 11) is -3.99. The summed E-state index contributed by atoms with van der Waals surface area (Å²) in [6.07, 6.45) is 2.93. The number of aromatic nitrogens is 2. The molecule has 1 aliphatic rings. The maximum Gasteiger partial charge on any atom is 0.404 e. The van der Waals surface area contributed by atoms with Crippen LogP contribution in [0.25, 0.3) is 0 Å². The largest absolute Gasteiger partial charge is 0.505 e. The molecule has 2 unspecified atom stereocenters. The monoisotopic (exact) mass is 615 g/mol. The Morgan fingerprint density at radius 2 is 1.88 bits per heavy atom. The Morgan fingerprint density at radius 3 is 2.58 bits per heavy atom. The Hall–Kier alpha value is -4.46. The highest BCUT2D eigenvalue weighted by Gasteiger charge is 2.34. The molecule has 0 bridgehead atoms. The molecule has 2 heterocycles. The van der Waals surface area contributed by atoms with Gasteiger partial charge in [-0.15, -0.1) is 0 Å². The lowest BCUT2D eigenvalue weighted by molar-refractivity contribution is 0.104. The van der Waals surface area contributed by atoms with Gasteiger partial charge in [0.25, 0.3) is 0 Å². The number of rotatable bonds is 15. The van der Waals surface area contributed by atoms with Crippen LogP contribution < -0.4 is 30.6 Å². The van der Waals surface area contributed by atoms with Crippen LogP contribution in [0, 0.1) is 5.92 Å². The van der Waals surface area contributed by atoms with E-state index in [9.17, 15) is 18.3 Å². The number of aromatic hydroxyl groups is 1. The summed E-state index contributed by atoms with van der Waals surface area (Å²) in [6.45, 7) is 6.12. The number of phenols is 1. The number of nitrogens with one attached hydrogen (secondary N) is 2. The van der Waals surface area contributed by atoms with Gasteiger partial charge in [0.2, 0.25) is 12.7 Å². The molecule has 0 saturated carbocycles. The Kier molecular flexibility index (Phi) is 10.3. The zero-order chi connectivity index (χ0) is 31.0. The predicted octanol–water partition coefficient (Wildman–Crippen LogP) is 4.08. The van der Waals surface area contributed by atoms with E-state index in [-0.39, 0.29) is 41.9 Å². The summed E-state index contributed by atoms with van der Waals surface area (Å²) < 4.78 is 49.7. The highest BCUT2D eigenvalue weighted by molar-refractivity contribution is 7.92. The van der Waals surface area contributed by atoms with E-state index < -0.39 is 33.3 Å². The predicted molar refractivity (Wildman–Crippen MR) is 159 cm³/mol. The van der Waals surface area contributed by atoms with Crippen LogP contribution in [0.15, 0.2) is 53.7 Å². The number of primary amides is 1. The summed E-state index contributed by atoms with van der Waals surface area (Å²) in [5.74, 6) is 0.906. The molecule has 2 aromatic carbocycles. The van der Waals surface area contributed by atoms with Crippen molar-refractivity contribution < 1.29 is 37.3 Å². The van der Waals surface area contributed by atoms with Gasteiger partial charge in [-0.05, 0) is 48.6 Å². The van der Waals surface area contributed by atoms with Crippen LogP contribution in [0.1, 0.15) is 39.2 Å². The van der Waals surface area contributed by atoms with E-state index in [4.69, 9.17) is 24.7 Å². The number of nitrogens with two attached hydrogens (primary N) is 1. The quantitative estimate of drug-likeness (QED) is 0.142. The minimum atomic E-state index is -3.99. The molecule has 43 heavy (non-hydrogen) atoms. The SMILES string of the molecule is CCC(Cc1ccc(OCCCNc2ncccn2)c(NC(C(C)C)S(=O)(=O)c2ccc3c(c2)OCO3)c1O)OC(N)=O. The third-order valence-corrected chi connectivity index (χ3v) is 8.98. The van der Waals surface area contributed by atoms with E-state index in [2.05, 4.69) is 20.6 Å². The second kappa shape index (κ2) is 14.1. The average Bonchev–Trinajstić information content (AvgIpc) is 3.45. The lowest BCUT2D eigenvalue weighted by Gasteiger charge is -2.26. The zero-order valence-corrected chi connectivity index (χ0v) is 25.1. The fourth-order valence-electron chi connectivity index (χ4n) is 4.51. The second-order valence-corrected chi connectivity index (χ2v) is 12.3.